The summed E-state index contributed by atoms with van der Waals surface area (Å²) in [6.07, 6.45) is 0. The Hall–Kier alpha value is 1.16. The predicted molar refractivity (Wildman–Crippen MR) is 45.0 cm³/mol. The molecule has 1 aliphatic rings. The van der Waals surface area contributed by atoms with Crippen LogP contribution in [-0.4, -0.2) is 11.4 Å². The SMILES string of the molecule is CCN1Cc2c[c-]cc(F)c2C1.[Cs+]. The van der Waals surface area contributed by atoms with E-state index in [9.17, 15) is 4.39 Å². The van der Waals surface area contributed by atoms with Gasteiger partial charge in [0.05, 0.1) is 0 Å². The van der Waals surface area contributed by atoms with E-state index in [1.165, 1.54) is 6.07 Å². The van der Waals surface area contributed by atoms with Crippen molar-refractivity contribution in [1.82, 2.24) is 4.90 Å². The number of nitrogens with zero attached hydrogens (tertiary/aromatic N) is 1. The van der Waals surface area contributed by atoms with Gasteiger partial charge in [-0.1, -0.05) is 6.92 Å². The molecule has 0 fully saturated rings. The van der Waals surface area contributed by atoms with E-state index in [4.69, 9.17) is 0 Å². The van der Waals surface area contributed by atoms with E-state index in [0.29, 0.717) is 0 Å². The second-order valence-corrected chi connectivity index (χ2v) is 3.11. The number of benzene rings is 1. The van der Waals surface area contributed by atoms with Gasteiger partial charge >= 0.3 is 68.9 Å². The Balaban J connectivity index is 0.000000845. The molecule has 13 heavy (non-hydrogen) atoms. The van der Waals surface area contributed by atoms with Gasteiger partial charge in [0.1, 0.15) is 0 Å². The van der Waals surface area contributed by atoms with Crippen molar-refractivity contribution in [3.8, 4) is 0 Å². The molecule has 0 spiro atoms. The molecule has 1 aliphatic heterocycles. The second-order valence-electron chi connectivity index (χ2n) is 3.11. The molecule has 1 heterocycles. The Kier molecular flexibility index (Phi) is 4.99. The molecule has 0 atom stereocenters. The van der Waals surface area contributed by atoms with Crippen LogP contribution in [0.25, 0.3) is 0 Å². The third-order valence-electron chi connectivity index (χ3n) is 2.37. The van der Waals surface area contributed by atoms with E-state index in [2.05, 4.69) is 17.9 Å². The summed E-state index contributed by atoms with van der Waals surface area (Å²) in [6.45, 7) is 4.70. The van der Waals surface area contributed by atoms with Crippen LogP contribution >= 0.6 is 0 Å². The Labute approximate surface area is 137 Å². The largest absolute Gasteiger partial charge is 1.00 e. The average molecular weight is 297 g/mol. The zero-order valence-electron chi connectivity index (χ0n) is 8.10. The van der Waals surface area contributed by atoms with E-state index >= 15 is 0 Å². The maximum atomic E-state index is 13.1. The van der Waals surface area contributed by atoms with Gasteiger partial charge in [-0.3, -0.25) is 4.39 Å². The Morgan fingerprint density at radius 1 is 1.46 bits per heavy atom. The first-order chi connectivity index (χ1) is 5.81. The first-order valence-electron chi connectivity index (χ1n) is 4.21. The number of halogens is 1. The topological polar surface area (TPSA) is 3.24 Å². The quantitative estimate of drug-likeness (QED) is 0.599. The van der Waals surface area contributed by atoms with Crippen LogP contribution in [0.1, 0.15) is 18.1 Å². The summed E-state index contributed by atoms with van der Waals surface area (Å²) in [5.41, 5.74) is 1.95. The molecule has 0 aromatic heterocycles. The van der Waals surface area contributed by atoms with Crippen LogP contribution in [0.4, 0.5) is 4.39 Å². The molecule has 0 radical (unpaired) electrons. The minimum Gasteiger partial charge on any atom is -0.308 e. The van der Waals surface area contributed by atoms with Gasteiger partial charge in [-0.05, 0) is 13.1 Å². The molecule has 1 aromatic rings. The normalized spacial score (nSPS) is 15.2. The minimum absolute atomic E-state index is 0. The van der Waals surface area contributed by atoms with Crippen molar-refractivity contribution in [3.63, 3.8) is 0 Å². The van der Waals surface area contributed by atoms with Gasteiger partial charge < -0.3 is 4.90 Å². The first kappa shape index (κ1) is 12.2. The van der Waals surface area contributed by atoms with Crippen molar-refractivity contribution in [1.29, 1.82) is 0 Å². The molecule has 2 rings (SSSR count). The van der Waals surface area contributed by atoms with Crippen molar-refractivity contribution in [2.45, 2.75) is 20.0 Å². The monoisotopic (exact) mass is 297 g/mol. The fourth-order valence-electron chi connectivity index (χ4n) is 1.61. The number of rotatable bonds is 1. The van der Waals surface area contributed by atoms with Crippen LogP contribution in [0.2, 0.25) is 0 Å². The Morgan fingerprint density at radius 2 is 2.23 bits per heavy atom. The predicted octanol–water partition coefficient (Wildman–Crippen LogP) is -1.03. The molecule has 1 nitrogen and oxygen atoms in total. The van der Waals surface area contributed by atoms with Gasteiger partial charge in [0.2, 0.25) is 0 Å². The first-order valence-corrected chi connectivity index (χ1v) is 4.21. The molecule has 0 saturated heterocycles. The molecule has 0 saturated carbocycles. The summed E-state index contributed by atoms with van der Waals surface area (Å²) >= 11 is 0. The summed E-state index contributed by atoms with van der Waals surface area (Å²) in [6, 6.07) is 6.10. The van der Waals surface area contributed by atoms with Gasteiger partial charge in [-0.2, -0.15) is 12.1 Å². The molecule has 0 unspecified atom stereocenters. The van der Waals surface area contributed by atoms with Crippen molar-refractivity contribution in [2.24, 2.45) is 0 Å². The molecule has 3 heteroatoms. The van der Waals surface area contributed by atoms with E-state index in [1.807, 2.05) is 6.07 Å². The third kappa shape index (κ3) is 2.59. The van der Waals surface area contributed by atoms with E-state index in [-0.39, 0.29) is 74.7 Å². The number of hydrogen-bond acceptors (Lipinski definition) is 1. The Morgan fingerprint density at radius 3 is 2.85 bits per heavy atom. The van der Waals surface area contributed by atoms with Crippen LogP contribution in [0, 0.1) is 11.9 Å². The average Bonchev–Trinajstić information content (AvgIpc) is 2.49. The smallest absolute Gasteiger partial charge is 0.308 e. The maximum Gasteiger partial charge on any atom is 1.00 e. The standard InChI is InChI=1S/C10H11FN.Cs/c1-2-12-6-8-4-3-5-10(11)9(8)7-12;/h4-5H,2,6-7H2,1H3;/q-1;+1. The Bertz CT molecular complexity index is 301. The van der Waals surface area contributed by atoms with Gasteiger partial charge in [0.25, 0.3) is 0 Å². The maximum absolute atomic E-state index is 13.1. The van der Waals surface area contributed by atoms with Gasteiger partial charge in [0, 0.05) is 12.4 Å². The summed E-state index contributed by atoms with van der Waals surface area (Å²) in [5.74, 6) is -0.108. The molecule has 0 aliphatic carbocycles. The van der Waals surface area contributed by atoms with Crippen molar-refractivity contribution >= 4 is 0 Å². The van der Waals surface area contributed by atoms with Crippen molar-refractivity contribution < 1.29 is 73.3 Å². The van der Waals surface area contributed by atoms with Crippen LogP contribution in [0.3, 0.4) is 0 Å². The van der Waals surface area contributed by atoms with E-state index in [1.54, 1.807) is 0 Å². The summed E-state index contributed by atoms with van der Waals surface area (Å²) < 4.78 is 13.1. The molecule has 0 bridgehead atoms. The molecule has 0 amide bonds. The van der Waals surface area contributed by atoms with Gasteiger partial charge in [-0.15, -0.1) is 17.2 Å². The van der Waals surface area contributed by atoms with Gasteiger partial charge in [-0.25, -0.2) is 0 Å². The fraction of sp³-hybridized carbons (Fsp3) is 0.400. The molecular weight excluding hydrogens is 286 g/mol. The number of fused-ring (bicyclic) bond motifs is 1. The van der Waals surface area contributed by atoms with Gasteiger partial charge in [0.15, 0.2) is 0 Å². The van der Waals surface area contributed by atoms with Crippen LogP contribution in [-0.2, 0) is 13.1 Å². The van der Waals surface area contributed by atoms with Crippen LogP contribution in [0.5, 0.6) is 0 Å². The summed E-state index contributed by atoms with van der Waals surface area (Å²) in [5, 5.41) is 0. The van der Waals surface area contributed by atoms with Crippen molar-refractivity contribution in [2.75, 3.05) is 6.54 Å². The minimum atomic E-state index is -0.108. The molecular formula is C10H11CsFN. The summed E-state index contributed by atoms with van der Waals surface area (Å²) in [4.78, 5) is 2.21. The molecule has 1 aromatic carbocycles. The van der Waals surface area contributed by atoms with E-state index in [0.717, 1.165) is 30.8 Å². The fourth-order valence-corrected chi connectivity index (χ4v) is 1.61. The van der Waals surface area contributed by atoms with Crippen LogP contribution < -0.4 is 68.9 Å². The summed E-state index contributed by atoms with van der Waals surface area (Å²) in [7, 11) is 0. The zero-order valence-corrected chi connectivity index (χ0v) is 14.4. The molecule has 64 valence electrons. The van der Waals surface area contributed by atoms with Crippen molar-refractivity contribution in [3.05, 3.63) is 35.1 Å². The molecule has 0 N–H and O–H groups in total. The van der Waals surface area contributed by atoms with Crippen LogP contribution in [0.15, 0.2) is 12.1 Å². The van der Waals surface area contributed by atoms with E-state index < -0.39 is 0 Å². The third-order valence-corrected chi connectivity index (χ3v) is 2.37. The zero-order chi connectivity index (χ0) is 8.55. The number of hydrogen-bond donors (Lipinski definition) is 0. The second kappa shape index (κ2) is 5.30.